The van der Waals surface area contributed by atoms with Crippen LogP contribution in [0.2, 0.25) is 0 Å². The van der Waals surface area contributed by atoms with E-state index in [0.717, 1.165) is 57.8 Å². The minimum Gasteiger partial charge on any atom is -0.454 e. The molecule has 0 bridgehead atoms. The summed E-state index contributed by atoms with van der Waals surface area (Å²) in [6.07, 6.45) is 45.1. The standard InChI is InChI=1S/C56H95NO10/c1-4-7-10-13-16-19-22-25-28-30-33-36-39-42-48(59)47(57-55(64)49(60)43-40-37-34-31-27-24-21-18-15-12-9-6-3)46-65-56-54(53(63)52(62)50(45-58)66-56)67-51(61)44-41-38-35-32-29-26-23-20-17-14-11-8-5-2/h9,12,15,18,21,24,26-27,29,31,34,37,39,42,47-50,52-54,56,58-60,62-63H,4-8,10-11,13-14,16-17,19-20,22-23,25,28,30,32-33,35-36,38,40-41,43-46H2,1-3H3,(H,57,64)/b12-9+,18-15+,24-21-,29-26-,31-27-,37-34+,42-39+. The van der Waals surface area contributed by atoms with Gasteiger partial charge in [-0.15, -0.1) is 0 Å². The number of aliphatic hydroxyl groups is 5. The van der Waals surface area contributed by atoms with Gasteiger partial charge in [0, 0.05) is 6.42 Å². The lowest BCUT2D eigenvalue weighted by Gasteiger charge is -2.41. The van der Waals surface area contributed by atoms with Crippen molar-refractivity contribution >= 4 is 11.9 Å². The lowest BCUT2D eigenvalue weighted by molar-refractivity contribution is -0.305. The van der Waals surface area contributed by atoms with Crippen LogP contribution in [0.3, 0.4) is 0 Å². The van der Waals surface area contributed by atoms with Gasteiger partial charge in [-0.25, -0.2) is 0 Å². The van der Waals surface area contributed by atoms with Gasteiger partial charge in [-0.1, -0.05) is 209 Å². The third-order valence-corrected chi connectivity index (χ3v) is 11.9. The van der Waals surface area contributed by atoms with Crippen LogP contribution in [-0.2, 0) is 23.8 Å². The summed E-state index contributed by atoms with van der Waals surface area (Å²) in [5.74, 6) is -1.30. The summed E-state index contributed by atoms with van der Waals surface area (Å²) in [7, 11) is 0. The highest BCUT2D eigenvalue weighted by atomic mass is 16.7. The van der Waals surface area contributed by atoms with E-state index >= 15 is 0 Å². The molecule has 0 aromatic rings. The first kappa shape index (κ1) is 61.9. The van der Waals surface area contributed by atoms with Crippen LogP contribution in [0.25, 0.3) is 0 Å². The summed E-state index contributed by atoms with van der Waals surface area (Å²) in [4.78, 5) is 26.3. The number of hydrogen-bond acceptors (Lipinski definition) is 10. The number of esters is 1. The Morgan fingerprint density at radius 2 is 1.09 bits per heavy atom. The molecule has 67 heavy (non-hydrogen) atoms. The molecule has 11 heteroatoms. The average molecular weight is 942 g/mol. The molecule has 1 amide bonds. The predicted molar refractivity (Wildman–Crippen MR) is 273 cm³/mol. The molecule has 1 fully saturated rings. The van der Waals surface area contributed by atoms with Crippen LogP contribution in [-0.4, -0.2) is 99.6 Å². The maximum absolute atomic E-state index is 13.3. The quantitative estimate of drug-likeness (QED) is 0.0150. The number of amides is 1. The highest BCUT2D eigenvalue weighted by Gasteiger charge is 2.47. The molecule has 8 atom stereocenters. The van der Waals surface area contributed by atoms with E-state index in [1.54, 1.807) is 6.08 Å². The van der Waals surface area contributed by atoms with Gasteiger partial charge in [0.1, 0.15) is 24.4 Å². The van der Waals surface area contributed by atoms with E-state index in [1.807, 2.05) is 60.8 Å². The van der Waals surface area contributed by atoms with E-state index in [4.69, 9.17) is 14.2 Å². The van der Waals surface area contributed by atoms with Crippen molar-refractivity contribution in [1.82, 2.24) is 5.32 Å². The van der Waals surface area contributed by atoms with Crippen molar-refractivity contribution in [2.75, 3.05) is 13.2 Å². The minimum atomic E-state index is -1.63. The Balaban J connectivity index is 2.85. The number of nitrogens with one attached hydrogen (secondary N) is 1. The topological polar surface area (TPSA) is 175 Å². The number of aliphatic hydroxyl groups excluding tert-OH is 5. The monoisotopic (exact) mass is 942 g/mol. The van der Waals surface area contributed by atoms with E-state index in [9.17, 15) is 35.1 Å². The summed E-state index contributed by atoms with van der Waals surface area (Å²) < 4.78 is 17.5. The first-order valence-corrected chi connectivity index (χ1v) is 26.4. The fraction of sp³-hybridized carbons (Fsp3) is 0.714. The van der Waals surface area contributed by atoms with Crippen LogP contribution in [0, 0.1) is 0 Å². The Hall–Kier alpha value is -3.16. The third kappa shape index (κ3) is 33.1. The summed E-state index contributed by atoms with van der Waals surface area (Å²) in [6.45, 7) is 5.54. The zero-order chi connectivity index (χ0) is 49.0. The van der Waals surface area contributed by atoms with E-state index in [2.05, 4.69) is 44.3 Å². The Morgan fingerprint density at radius 3 is 1.63 bits per heavy atom. The van der Waals surface area contributed by atoms with Crippen molar-refractivity contribution in [2.24, 2.45) is 0 Å². The fourth-order valence-corrected chi connectivity index (χ4v) is 7.67. The van der Waals surface area contributed by atoms with Gasteiger partial charge < -0.3 is 45.1 Å². The van der Waals surface area contributed by atoms with Gasteiger partial charge in [0.25, 0.3) is 0 Å². The zero-order valence-corrected chi connectivity index (χ0v) is 42.0. The molecule has 11 nitrogen and oxygen atoms in total. The van der Waals surface area contributed by atoms with E-state index < -0.39 is 67.4 Å². The second kappa shape index (κ2) is 44.1. The maximum atomic E-state index is 13.3. The van der Waals surface area contributed by atoms with Crippen LogP contribution in [0.5, 0.6) is 0 Å². The molecule has 1 aliphatic rings. The van der Waals surface area contributed by atoms with Gasteiger partial charge in [-0.05, 0) is 64.2 Å². The molecule has 0 aliphatic carbocycles. The SMILES string of the molecule is CC/C=C/C=C/C=C\C=C/C=C/CCC(O)C(=O)NC(COC1OC(CO)C(O)C(O)C1OC(=O)CCCCC/C=C\CCCCCCCC)C(O)/C=C/CCCCCCCCCCCCC. The van der Waals surface area contributed by atoms with Gasteiger partial charge in [0.05, 0.1) is 25.4 Å². The van der Waals surface area contributed by atoms with Crippen LogP contribution in [0.1, 0.15) is 194 Å². The molecule has 0 aromatic heterocycles. The molecule has 384 valence electrons. The molecule has 1 aliphatic heterocycles. The Bertz CT molecular complexity index is 1410. The summed E-state index contributed by atoms with van der Waals surface area (Å²) in [6, 6.07) is -1.07. The van der Waals surface area contributed by atoms with E-state index in [0.29, 0.717) is 12.8 Å². The molecule has 1 saturated heterocycles. The van der Waals surface area contributed by atoms with Crippen LogP contribution in [0.4, 0.5) is 0 Å². The zero-order valence-electron chi connectivity index (χ0n) is 42.0. The number of hydrogen-bond donors (Lipinski definition) is 6. The van der Waals surface area contributed by atoms with Gasteiger partial charge in [0.2, 0.25) is 5.91 Å². The number of allylic oxidation sites excluding steroid dienone is 13. The van der Waals surface area contributed by atoms with Crippen LogP contribution < -0.4 is 5.32 Å². The molecule has 1 heterocycles. The molecule has 1 rings (SSSR count). The largest absolute Gasteiger partial charge is 0.454 e. The van der Waals surface area contributed by atoms with Gasteiger partial charge in [-0.3, -0.25) is 9.59 Å². The molecule has 0 spiro atoms. The highest BCUT2D eigenvalue weighted by Crippen LogP contribution is 2.26. The third-order valence-electron chi connectivity index (χ3n) is 11.9. The Labute approximate surface area is 406 Å². The average Bonchev–Trinajstić information content (AvgIpc) is 3.32. The van der Waals surface area contributed by atoms with Gasteiger partial charge in [0.15, 0.2) is 12.4 Å². The van der Waals surface area contributed by atoms with Crippen molar-refractivity contribution in [2.45, 2.75) is 243 Å². The normalized spacial score (nSPS) is 20.7. The smallest absolute Gasteiger partial charge is 0.306 e. The first-order valence-electron chi connectivity index (χ1n) is 26.4. The van der Waals surface area contributed by atoms with Crippen molar-refractivity contribution in [3.05, 3.63) is 85.1 Å². The van der Waals surface area contributed by atoms with Gasteiger partial charge in [-0.2, -0.15) is 0 Å². The molecule has 0 radical (unpaired) electrons. The molecule has 0 aromatic carbocycles. The molecule has 6 N–H and O–H groups in total. The number of carbonyl (C=O) groups is 2. The maximum Gasteiger partial charge on any atom is 0.306 e. The van der Waals surface area contributed by atoms with Crippen molar-refractivity contribution < 1.29 is 49.3 Å². The lowest BCUT2D eigenvalue weighted by Crippen LogP contribution is -2.61. The van der Waals surface area contributed by atoms with E-state index in [-0.39, 0.29) is 19.4 Å². The van der Waals surface area contributed by atoms with Crippen LogP contribution in [0.15, 0.2) is 85.1 Å². The fourth-order valence-electron chi connectivity index (χ4n) is 7.67. The highest BCUT2D eigenvalue weighted by molar-refractivity contribution is 5.80. The number of unbranched alkanes of at least 4 members (excludes halogenated alkanes) is 20. The lowest BCUT2D eigenvalue weighted by atomic mass is 9.99. The molecule has 8 unspecified atom stereocenters. The Kier molecular flexibility index (Phi) is 40.7. The number of rotatable bonds is 42. The van der Waals surface area contributed by atoms with Crippen molar-refractivity contribution in [3.63, 3.8) is 0 Å². The summed E-state index contributed by atoms with van der Waals surface area (Å²) >= 11 is 0. The summed E-state index contributed by atoms with van der Waals surface area (Å²) in [5.41, 5.74) is 0. The van der Waals surface area contributed by atoms with E-state index in [1.165, 1.54) is 89.9 Å². The minimum absolute atomic E-state index is 0.0907. The second-order valence-electron chi connectivity index (χ2n) is 18.0. The molecule has 0 saturated carbocycles. The Morgan fingerprint density at radius 1 is 0.597 bits per heavy atom. The molecular formula is C56H95NO10. The molecular weight excluding hydrogens is 847 g/mol. The number of carbonyl (C=O) groups excluding carboxylic acids is 2. The van der Waals surface area contributed by atoms with Crippen molar-refractivity contribution in [3.8, 4) is 0 Å². The van der Waals surface area contributed by atoms with Crippen molar-refractivity contribution in [1.29, 1.82) is 0 Å². The first-order chi connectivity index (χ1) is 32.7. The van der Waals surface area contributed by atoms with Crippen LogP contribution >= 0.6 is 0 Å². The van der Waals surface area contributed by atoms with Gasteiger partial charge >= 0.3 is 5.97 Å². The summed E-state index contributed by atoms with van der Waals surface area (Å²) in [5, 5.41) is 56.5. The predicted octanol–water partition coefficient (Wildman–Crippen LogP) is 11.0. The number of ether oxygens (including phenoxy) is 3. The second-order valence-corrected chi connectivity index (χ2v) is 18.0.